The quantitative estimate of drug-likeness (QED) is 0.822. The van der Waals surface area contributed by atoms with Crippen LogP contribution in [0.1, 0.15) is 13.8 Å². The summed E-state index contributed by atoms with van der Waals surface area (Å²) in [5, 5.41) is 2.96. The van der Waals surface area contributed by atoms with Crippen molar-refractivity contribution in [3.05, 3.63) is 24.3 Å². The summed E-state index contributed by atoms with van der Waals surface area (Å²) < 4.78 is 45.8. The zero-order valence-electron chi connectivity index (χ0n) is 11.1. The Hall–Kier alpha value is -1.08. The third-order valence-corrected chi connectivity index (χ3v) is 6.23. The van der Waals surface area contributed by atoms with Crippen molar-refractivity contribution in [2.24, 2.45) is 0 Å². The minimum Gasteiger partial charge on any atom is -0.384 e. The summed E-state index contributed by atoms with van der Waals surface area (Å²) in [6, 6.07) is 6.33. The van der Waals surface area contributed by atoms with Gasteiger partial charge in [0.15, 0.2) is 19.7 Å². The van der Waals surface area contributed by atoms with Gasteiger partial charge in [0.05, 0.1) is 16.4 Å². The summed E-state index contributed by atoms with van der Waals surface area (Å²) in [7, 11) is -6.17. The van der Waals surface area contributed by atoms with Crippen LogP contribution in [0.5, 0.6) is 0 Å². The van der Waals surface area contributed by atoms with Crippen LogP contribution in [0.4, 0.5) is 5.69 Å². The van der Waals surface area contributed by atoms with Crippen molar-refractivity contribution in [3.63, 3.8) is 0 Å². The predicted octanol–water partition coefficient (Wildman–Crippen LogP) is 1.33. The highest BCUT2D eigenvalue weighted by Gasteiger charge is 2.11. The van der Waals surface area contributed by atoms with Crippen molar-refractivity contribution < 1.29 is 16.8 Å². The fourth-order valence-electron chi connectivity index (χ4n) is 1.44. The Bertz CT molecular complexity index is 604. The van der Waals surface area contributed by atoms with Crippen molar-refractivity contribution >= 4 is 25.4 Å². The monoisotopic (exact) mass is 305 g/mol. The van der Waals surface area contributed by atoms with Gasteiger partial charge in [0, 0.05) is 18.0 Å². The van der Waals surface area contributed by atoms with Crippen molar-refractivity contribution in [2.45, 2.75) is 18.7 Å². The van der Waals surface area contributed by atoms with E-state index < -0.39 is 19.7 Å². The number of rotatable bonds is 7. The van der Waals surface area contributed by atoms with Crippen LogP contribution in [0.25, 0.3) is 0 Å². The number of nitrogens with one attached hydrogen (secondary N) is 1. The molecule has 19 heavy (non-hydrogen) atoms. The first-order valence-electron chi connectivity index (χ1n) is 6.08. The zero-order chi connectivity index (χ0) is 14.5. The first kappa shape index (κ1) is 16.0. The molecular formula is C12H19NO4S2. The van der Waals surface area contributed by atoms with E-state index in [0.29, 0.717) is 12.2 Å². The molecule has 0 radical (unpaired) electrons. The topological polar surface area (TPSA) is 80.3 Å². The van der Waals surface area contributed by atoms with E-state index in [0.717, 1.165) is 0 Å². The number of benzene rings is 1. The van der Waals surface area contributed by atoms with E-state index in [2.05, 4.69) is 5.32 Å². The lowest BCUT2D eigenvalue weighted by Gasteiger charge is -2.07. The van der Waals surface area contributed by atoms with Crippen LogP contribution in [-0.4, -0.2) is 40.6 Å². The Kier molecular flexibility index (Phi) is 5.37. The Labute approximate surface area is 114 Å². The van der Waals surface area contributed by atoms with Gasteiger partial charge in [-0.2, -0.15) is 0 Å². The van der Waals surface area contributed by atoms with E-state index in [1.165, 1.54) is 12.1 Å². The molecule has 0 amide bonds. The SMILES string of the molecule is CCS(=O)(=O)CCNc1ccc(S(=O)(=O)CC)cc1. The van der Waals surface area contributed by atoms with E-state index in [1.807, 2.05) is 0 Å². The maximum absolute atomic E-state index is 11.6. The first-order valence-corrected chi connectivity index (χ1v) is 9.55. The van der Waals surface area contributed by atoms with E-state index in [4.69, 9.17) is 0 Å². The summed E-state index contributed by atoms with van der Waals surface area (Å²) in [4.78, 5) is 0.279. The third-order valence-electron chi connectivity index (χ3n) is 2.78. The lowest BCUT2D eigenvalue weighted by atomic mass is 10.3. The van der Waals surface area contributed by atoms with Crippen LogP contribution in [0.3, 0.4) is 0 Å². The third kappa shape index (κ3) is 4.83. The molecule has 0 fully saturated rings. The number of hydrogen-bond donors (Lipinski definition) is 1. The minimum atomic E-state index is -3.19. The molecule has 1 rings (SSSR count). The molecule has 7 heteroatoms. The van der Waals surface area contributed by atoms with Gasteiger partial charge in [-0.05, 0) is 24.3 Å². The van der Waals surface area contributed by atoms with Gasteiger partial charge < -0.3 is 5.32 Å². The fourth-order valence-corrected chi connectivity index (χ4v) is 3.03. The van der Waals surface area contributed by atoms with Crippen LogP contribution in [0, 0.1) is 0 Å². The van der Waals surface area contributed by atoms with Crippen LogP contribution < -0.4 is 5.32 Å². The van der Waals surface area contributed by atoms with Crippen LogP contribution in [-0.2, 0) is 19.7 Å². The molecule has 0 spiro atoms. The van der Waals surface area contributed by atoms with Gasteiger partial charge in [0.25, 0.3) is 0 Å². The lowest BCUT2D eigenvalue weighted by molar-refractivity contribution is 0.596. The Morgan fingerprint density at radius 1 is 0.947 bits per heavy atom. The van der Waals surface area contributed by atoms with E-state index in [-0.39, 0.29) is 22.2 Å². The molecule has 0 saturated carbocycles. The second kappa shape index (κ2) is 6.38. The molecule has 0 aliphatic carbocycles. The first-order chi connectivity index (χ1) is 8.80. The molecule has 1 N–H and O–H groups in total. The normalized spacial score (nSPS) is 12.3. The number of hydrogen-bond acceptors (Lipinski definition) is 5. The highest BCUT2D eigenvalue weighted by Crippen LogP contribution is 2.15. The van der Waals surface area contributed by atoms with Gasteiger partial charge in [-0.3, -0.25) is 0 Å². The summed E-state index contributed by atoms with van der Waals surface area (Å²) in [6.07, 6.45) is 0. The molecule has 0 aromatic heterocycles. The molecular weight excluding hydrogens is 286 g/mol. The number of anilines is 1. The fraction of sp³-hybridized carbons (Fsp3) is 0.500. The van der Waals surface area contributed by atoms with Crippen LogP contribution >= 0.6 is 0 Å². The second-order valence-electron chi connectivity index (χ2n) is 4.09. The Morgan fingerprint density at radius 2 is 1.53 bits per heavy atom. The average Bonchev–Trinajstić information content (AvgIpc) is 2.39. The van der Waals surface area contributed by atoms with Crippen LogP contribution in [0.15, 0.2) is 29.2 Å². The molecule has 0 aliphatic rings. The van der Waals surface area contributed by atoms with Crippen molar-refractivity contribution in [3.8, 4) is 0 Å². The summed E-state index contributed by atoms with van der Waals surface area (Å²) >= 11 is 0. The maximum atomic E-state index is 11.6. The molecule has 1 aromatic rings. The molecule has 0 bridgehead atoms. The Morgan fingerprint density at radius 3 is 2.00 bits per heavy atom. The second-order valence-corrected chi connectivity index (χ2v) is 8.84. The molecule has 108 valence electrons. The molecule has 0 heterocycles. The van der Waals surface area contributed by atoms with Crippen molar-refractivity contribution in [1.82, 2.24) is 0 Å². The minimum absolute atomic E-state index is 0.0640. The van der Waals surface area contributed by atoms with Crippen molar-refractivity contribution in [2.75, 3.05) is 29.1 Å². The number of sulfone groups is 2. The average molecular weight is 305 g/mol. The van der Waals surface area contributed by atoms with E-state index >= 15 is 0 Å². The molecule has 0 unspecified atom stereocenters. The molecule has 5 nitrogen and oxygen atoms in total. The van der Waals surface area contributed by atoms with Crippen molar-refractivity contribution in [1.29, 1.82) is 0 Å². The molecule has 0 saturated heterocycles. The zero-order valence-corrected chi connectivity index (χ0v) is 12.7. The van der Waals surface area contributed by atoms with Gasteiger partial charge >= 0.3 is 0 Å². The van der Waals surface area contributed by atoms with Gasteiger partial charge in [-0.15, -0.1) is 0 Å². The highest BCUT2D eigenvalue weighted by molar-refractivity contribution is 7.91. The van der Waals surface area contributed by atoms with Gasteiger partial charge in [-0.1, -0.05) is 13.8 Å². The predicted molar refractivity (Wildman–Crippen MR) is 77.0 cm³/mol. The van der Waals surface area contributed by atoms with Gasteiger partial charge in [0.2, 0.25) is 0 Å². The molecule has 1 aromatic carbocycles. The summed E-state index contributed by atoms with van der Waals surface area (Å²) in [6.45, 7) is 3.52. The summed E-state index contributed by atoms with van der Waals surface area (Å²) in [5.41, 5.74) is 0.710. The standard InChI is InChI=1S/C12H19NO4S2/c1-3-18(14,15)10-9-13-11-5-7-12(8-6-11)19(16,17)4-2/h5-8,13H,3-4,9-10H2,1-2H3. The van der Waals surface area contributed by atoms with E-state index in [9.17, 15) is 16.8 Å². The molecule has 0 aliphatic heterocycles. The maximum Gasteiger partial charge on any atom is 0.178 e. The highest BCUT2D eigenvalue weighted by atomic mass is 32.2. The largest absolute Gasteiger partial charge is 0.384 e. The summed E-state index contributed by atoms with van der Waals surface area (Å²) in [5.74, 6) is 0.259. The molecule has 0 atom stereocenters. The smallest absolute Gasteiger partial charge is 0.178 e. The van der Waals surface area contributed by atoms with Crippen LogP contribution in [0.2, 0.25) is 0 Å². The van der Waals surface area contributed by atoms with Gasteiger partial charge in [0.1, 0.15) is 0 Å². The Balaban J connectivity index is 2.64. The van der Waals surface area contributed by atoms with E-state index in [1.54, 1.807) is 26.0 Å². The van der Waals surface area contributed by atoms with Gasteiger partial charge in [-0.25, -0.2) is 16.8 Å². The lowest BCUT2D eigenvalue weighted by Crippen LogP contribution is -2.17.